The summed E-state index contributed by atoms with van der Waals surface area (Å²) in [6.07, 6.45) is 2.83. The lowest BCUT2D eigenvalue weighted by Crippen LogP contribution is -2.30. The molecular weight excluding hydrogens is 598 g/mol. The third kappa shape index (κ3) is 8.95. The van der Waals surface area contributed by atoms with Crippen molar-refractivity contribution < 1.29 is 28.7 Å². The number of amides is 4. The van der Waals surface area contributed by atoms with Gasteiger partial charge in [0.1, 0.15) is 6.10 Å². The number of hydrogen-bond donors (Lipinski definition) is 3. The van der Waals surface area contributed by atoms with Crippen LogP contribution in [0.25, 0.3) is 11.1 Å². The van der Waals surface area contributed by atoms with Crippen LogP contribution in [0.3, 0.4) is 0 Å². The van der Waals surface area contributed by atoms with Gasteiger partial charge in [0.05, 0.1) is 30.6 Å². The number of carbonyl (C=O) groups is 4. The number of anilines is 3. The van der Waals surface area contributed by atoms with Gasteiger partial charge < -0.3 is 19.7 Å². The van der Waals surface area contributed by atoms with Crippen molar-refractivity contribution in [2.45, 2.75) is 52.1 Å². The van der Waals surface area contributed by atoms with Crippen molar-refractivity contribution in [3.8, 4) is 11.1 Å². The smallest absolute Gasteiger partial charge is 0.412 e. The van der Waals surface area contributed by atoms with E-state index in [2.05, 4.69) is 20.9 Å². The quantitative estimate of drug-likeness (QED) is 0.194. The fourth-order valence-electron chi connectivity index (χ4n) is 5.10. The highest BCUT2D eigenvalue weighted by atomic mass is 35.5. The second-order valence-electron chi connectivity index (χ2n) is 11.0. The molecule has 2 aromatic carbocycles. The summed E-state index contributed by atoms with van der Waals surface area (Å²) >= 11 is 6.15. The van der Waals surface area contributed by atoms with Crippen molar-refractivity contribution in [1.29, 1.82) is 0 Å². The standard InChI is InChI=1S/C33H38ClN5O6/c1-5-7-20(2)31(41)37-28-18-23(36-32(42)44-4)10-11-25(28)21-13-14-35-24(16-21)19-30(40)39(3)15-6-8-29-26-17-22(34)9-12-27(26)38-33(43)45-29/h9-14,16-18,20,29H,5-8,15,19H2,1-4H3,(H,36,42)(H,37,41)(H,38,43)/t20-,29?/m0/s1. The summed E-state index contributed by atoms with van der Waals surface area (Å²) in [4.78, 5) is 55.9. The first kappa shape index (κ1) is 33.3. The second-order valence-corrected chi connectivity index (χ2v) is 11.4. The van der Waals surface area contributed by atoms with Crippen molar-refractivity contribution in [3.63, 3.8) is 0 Å². The molecule has 1 unspecified atom stereocenters. The van der Waals surface area contributed by atoms with Gasteiger partial charge in [-0.15, -0.1) is 0 Å². The SMILES string of the molecule is CCC[C@H](C)C(=O)Nc1cc(NC(=O)OC)ccc1-c1ccnc(CC(=O)N(C)CCCC2OC(=O)Nc3ccc(Cl)cc32)c1. The fourth-order valence-corrected chi connectivity index (χ4v) is 5.28. The molecule has 0 fully saturated rings. The highest BCUT2D eigenvalue weighted by Gasteiger charge is 2.26. The summed E-state index contributed by atoms with van der Waals surface area (Å²) in [5.74, 6) is -0.453. The van der Waals surface area contributed by atoms with Crippen molar-refractivity contribution in [3.05, 3.63) is 71.0 Å². The van der Waals surface area contributed by atoms with Gasteiger partial charge in [0, 0.05) is 47.5 Å². The molecule has 4 rings (SSSR count). The Kier molecular flexibility index (Phi) is 11.4. The molecule has 0 spiro atoms. The zero-order chi connectivity index (χ0) is 32.5. The Morgan fingerprint density at radius 2 is 1.93 bits per heavy atom. The Balaban J connectivity index is 1.43. The van der Waals surface area contributed by atoms with Crippen LogP contribution in [0.15, 0.2) is 54.7 Å². The molecule has 12 heteroatoms. The van der Waals surface area contributed by atoms with E-state index in [1.807, 2.05) is 19.9 Å². The van der Waals surface area contributed by atoms with Crippen LogP contribution in [0, 0.1) is 5.92 Å². The molecule has 0 saturated carbocycles. The minimum Gasteiger partial charge on any atom is -0.453 e. The van der Waals surface area contributed by atoms with Crippen LogP contribution in [-0.4, -0.2) is 54.6 Å². The summed E-state index contributed by atoms with van der Waals surface area (Å²) in [5.41, 5.74) is 4.48. The average Bonchev–Trinajstić information content (AvgIpc) is 3.01. The Hall–Kier alpha value is -4.64. The molecule has 238 valence electrons. The van der Waals surface area contributed by atoms with Gasteiger partial charge in [0.25, 0.3) is 0 Å². The highest BCUT2D eigenvalue weighted by molar-refractivity contribution is 6.30. The summed E-state index contributed by atoms with van der Waals surface area (Å²) in [5, 5.41) is 8.85. The molecular formula is C33H38ClN5O6. The number of rotatable bonds is 12. The Bertz CT molecular complexity index is 1560. The third-order valence-electron chi connectivity index (χ3n) is 7.57. The molecule has 1 aliphatic heterocycles. The number of nitrogens with zero attached hydrogens (tertiary/aromatic N) is 2. The van der Waals surface area contributed by atoms with Gasteiger partial charge in [-0.25, -0.2) is 9.59 Å². The topological polar surface area (TPSA) is 139 Å². The van der Waals surface area contributed by atoms with E-state index < -0.39 is 18.3 Å². The minimum atomic E-state index is -0.626. The lowest BCUT2D eigenvalue weighted by molar-refractivity contribution is -0.129. The maximum Gasteiger partial charge on any atom is 0.412 e. The molecule has 3 aromatic rings. The van der Waals surface area contributed by atoms with E-state index in [0.717, 1.165) is 24.0 Å². The molecule has 2 atom stereocenters. The van der Waals surface area contributed by atoms with E-state index >= 15 is 0 Å². The molecule has 0 aliphatic carbocycles. The van der Waals surface area contributed by atoms with Gasteiger partial charge in [-0.1, -0.05) is 37.9 Å². The van der Waals surface area contributed by atoms with E-state index in [0.29, 0.717) is 52.7 Å². The van der Waals surface area contributed by atoms with Gasteiger partial charge in [0.2, 0.25) is 11.8 Å². The summed E-state index contributed by atoms with van der Waals surface area (Å²) in [6.45, 7) is 4.35. The Labute approximate surface area is 267 Å². The van der Waals surface area contributed by atoms with Gasteiger partial charge in [-0.2, -0.15) is 0 Å². The number of fused-ring (bicyclic) bond motifs is 1. The summed E-state index contributed by atoms with van der Waals surface area (Å²) in [7, 11) is 3.00. The molecule has 45 heavy (non-hydrogen) atoms. The van der Waals surface area contributed by atoms with Crippen LogP contribution in [-0.2, 0) is 25.5 Å². The number of halogens is 1. The number of pyridine rings is 1. The minimum absolute atomic E-state index is 0.0717. The summed E-state index contributed by atoms with van der Waals surface area (Å²) < 4.78 is 10.2. The van der Waals surface area contributed by atoms with Crippen LogP contribution in [0.1, 0.15) is 56.9 Å². The summed E-state index contributed by atoms with van der Waals surface area (Å²) in [6, 6.07) is 14.0. The van der Waals surface area contributed by atoms with E-state index in [4.69, 9.17) is 21.1 Å². The van der Waals surface area contributed by atoms with Crippen LogP contribution in [0.5, 0.6) is 0 Å². The predicted molar refractivity (Wildman–Crippen MR) is 173 cm³/mol. The molecule has 1 aromatic heterocycles. The van der Waals surface area contributed by atoms with E-state index in [1.165, 1.54) is 7.11 Å². The number of benzene rings is 2. The lowest BCUT2D eigenvalue weighted by atomic mass is 10.0. The van der Waals surface area contributed by atoms with Crippen LogP contribution >= 0.6 is 11.6 Å². The largest absolute Gasteiger partial charge is 0.453 e. The number of hydrogen-bond acceptors (Lipinski definition) is 7. The van der Waals surface area contributed by atoms with Crippen LogP contribution in [0.4, 0.5) is 26.7 Å². The molecule has 4 amide bonds. The zero-order valence-electron chi connectivity index (χ0n) is 25.8. The van der Waals surface area contributed by atoms with Crippen LogP contribution in [0.2, 0.25) is 5.02 Å². The maximum absolute atomic E-state index is 13.1. The van der Waals surface area contributed by atoms with Gasteiger partial charge >= 0.3 is 12.2 Å². The number of methoxy groups -OCH3 is 1. The molecule has 11 nitrogen and oxygen atoms in total. The first-order chi connectivity index (χ1) is 21.6. The first-order valence-corrected chi connectivity index (χ1v) is 15.2. The van der Waals surface area contributed by atoms with Crippen molar-refractivity contribution in [1.82, 2.24) is 9.88 Å². The average molecular weight is 636 g/mol. The predicted octanol–water partition coefficient (Wildman–Crippen LogP) is 7.04. The van der Waals surface area contributed by atoms with E-state index in [-0.39, 0.29) is 24.2 Å². The molecule has 1 aliphatic rings. The monoisotopic (exact) mass is 635 g/mol. The van der Waals surface area contributed by atoms with E-state index in [9.17, 15) is 19.2 Å². The number of carbonyl (C=O) groups excluding carboxylic acids is 4. The third-order valence-corrected chi connectivity index (χ3v) is 7.81. The number of nitrogens with one attached hydrogen (secondary N) is 3. The highest BCUT2D eigenvalue weighted by Crippen LogP contribution is 2.36. The molecule has 0 radical (unpaired) electrons. The van der Waals surface area contributed by atoms with Crippen molar-refractivity contribution in [2.75, 3.05) is 36.7 Å². The number of likely N-dealkylation sites (N-methyl/N-ethyl adjacent to an activating group) is 1. The molecule has 0 bridgehead atoms. The number of aromatic nitrogens is 1. The Morgan fingerprint density at radius 3 is 2.69 bits per heavy atom. The fraction of sp³-hybridized carbons (Fsp3) is 0.364. The maximum atomic E-state index is 13.1. The number of ether oxygens (including phenoxy) is 2. The van der Waals surface area contributed by atoms with Gasteiger partial charge in [0.15, 0.2) is 0 Å². The van der Waals surface area contributed by atoms with Crippen molar-refractivity contribution in [2.24, 2.45) is 5.92 Å². The Morgan fingerprint density at radius 1 is 1.13 bits per heavy atom. The lowest BCUT2D eigenvalue weighted by Gasteiger charge is -2.27. The number of cyclic esters (lactones) is 1. The van der Waals surface area contributed by atoms with Crippen LogP contribution < -0.4 is 16.0 Å². The van der Waals surface area contributed by atoms with Gasteiger partial charge in [-0.3, -0.25) is 25.2 Å². The van der Waals surface area contributed by atoms with E-state index in [1.54, 1.807) is 60.6 Å². The van der Waals surface area contributed by atoms with Crippen molar-refractivity contribution >= 4 is 52.7 Å². The second kappa shape index (κ2) is 15.4. The van der Waals surface area contributed by atoms with Gasteiger partial charge in [-0.05, 0) is 67.3 Å². The molecule has 3 N–H and O–H groups in total. The molecule has 0 saturated heterocycles. The molecule has 2 heterocycles. The normalized spacial score (nSPS) is 14.3. The first-order valence-electron chi connectivity index (χ1n) is 14.8. The zero-order valence-corrected chi connectivity index (χ0v) is 26.6.